The van der Waals surface area contributed by atoms with Crippen LogP contribution in [-0.2, 0) is 11.8 Å². The lowest BCUT2D eigenvalue weighted by Crippen LogP contribution is -2.26. The van der Waals surface area contributed by atoms with Gasteiger partial charge in [-0.25, -0.2) is 4.98 Å². The zero-order chi connectivity index (χ0) is 11.1. The van der Waals surface area contributed by atoms with E-state index in [1.165, 1.54) is 0 Å². The Morgan fingerprint density at radius 3 is 2.93 bits per heavy atom. The topological polar surface area (TPSA) is 59.0 Å². The molecule has 0 saturated carbocycles. The average Bonchev–Trinajstić information content (AvgIpc) is 2.61. The Hall–Kier alpha value is -1.52. The number of anilines is 1. The second-order valence-corrected chi connectivity index (χ2v) is 3.39. The van der Waals surface area contributed by atoms with E-state index in [1.54, 1.807) is 6.20 Å². The van der Waals surface area contributed by atoms with E-state index in [2.05, 4.69) is 15.6 Å². The number of aryl methyl sites for hydroxylation is 1. The number of nitrogens with zero attached hydrogens (tertiary/aromatic N) is 2. The van der Waals surface area contributed by atoms with Crippen molar-refractivity contribution in [3.63, 3.8) is 0 Å². The number of nitrogens with one attached hydrogen (secondary N) is 2. The van der Waals surface area contributed by atoms with E-state index in [9.17, 15) is 4.79 Å². The number of hydrogen-bond donors (Lipinski definition) is 2. The number of amides is 1. The van der Waals surface area contributed by atoms with E-state index in [-0.39, 0.29) is 5.91 Å². The number of imidazole rings is 1. The maximum Gasteiger partial charge on any atom is 0.221 e. The second-order valence-electron chi connectivity index (χ2n) is 3.39. The molecule has 0 bridgehead atoms. The zero-order valence-electron chi connectivity index (χ0n) is 9.29. The molecular weight excluding hydrogens is 192 g/mol. The Labute approximate surface area is 89.9 Å². The van der Waals surface area contributed by atoms with Crippen molar-refractivity contribution in [1.29, 1.82) is 0 Å². The van der Waals surface area contributed by atoms with Crippen LogP contribution in [0.25, 0.3) is 0 Å². The molecular formula is C10H18N4O. The van der Waals surface area contributed by atoms with Crippen molar-refractivity contribution in [2.75, 3.05) is 18.4 Å². The Morgan fingerprint density at radius 2 is 2.33 bits per heavy atom. The van der Waals surface area contributed by atoms with E-state index in [0.717, 1.165) is 18.9 Å². The van der Waals surface area contributed by atoms with Crippen LogP contribution in [0.2, 0.25) is 0 Å². The van der Waals surface area contributed by atoms with Crippen LogP contribution in [0.3, 0.4) is 0 Å². The molecule has 0 saturated heterocycles. The summed E-state index contributed by atoms with van der Waals surface area (Å²) < 4.78 is 1.88. The molecule has 0 aliphatic heterocycles. The van der Waals surface area contributed by atoms with Gasteiger partial charge in [0.05, 0.1) is 0 Å². The Balaban J connectivity index is 2.16. The molecule has 1 aromatic rings. The van der Waals surface area contributed by atoms with Crippen LogP contribution in [0.4, 0.5) is 5.95 Å². The molecule has 1 amide bonds. The minimum atomic E-state index is 0.0820. The third-order valence-electron chi connectivity index (χ3n) is 2.03. The smallest absolute Gasteiger partial charge is 0.221 e. The summed E-state index contributed by atoms with van der Waals surface area (Å²) in [6, 6.07) is 0. The number of carbonyl (C=O) groups is 1. The van der Waals surface area contributed by atoms with Crippen molar-refractivity contribution >= 4 is 11.9 Å². The maximum absolute atomic E-state index is 11.2. The lowest BCUT2D eigenvalue weighted by atomic mass is 10.4. The third-order valence-corrected chi connectivity index (χ3v) is 2.03. The quantitative estimate of drug-likeness (QED) is 0.728. The minimum absolute atomic E-state index is 0.0820. The van der Waals surface area contributed by atoms with Gasteiger partial charge in [-0.05, 0) is 6.42 Å². The van der Waals surface area contributed by atoms with E-state index in [1.807, 2.05) is 24.7 Å². The van der Waals surface area contributed by atoms with Crippen LogP contribution in [0.15, 0.2) is 12.4 Å². The fourth-order valence-electron chi connectivity index (χ4n) is 1.18. The lowest BCUT2D eigenvalue weighted by molar-refractivity contribution is -0.120. The van der Waals surface area contributed by atoms with E-state index < -0.39 is 0 Å². The molecule has 1 heterocycles. The molecule has 5 heteroatoms. The molecule has 0 atom stereocenters. The highest BCUT2D eigenvalue weighted by atomic mass is 16.1. The van der Waals surface area contributed by atoms with Gasteiger partial charge in [0.15, 0.2) is 0 Å². The van der Waals surface area contributed by atoms with Crippen molar-refractivity contribution in [3.8, 4) is 0 Å². The Morgan fingerprint density at radius 1 is 1.53 bits per heavy atom. The first-order valence-electron chi connectivity index (χ1n) is 5.22. The average molecular weight is 210 g/mol. The first kappa shape index (κ1) is 11.6. The van der Waals surface area contributed by atoms with Gasteiger partial charge < -0.3 is 15.2 Å². The van der Waals surface area contributed by atoms with Crippen LogP contribution in [0, 0.1) is 0 Å². The van der Waals surface area contributed by atoms with Crippen molar-refractivity contribution < 1.29 is 4.79 Å². The molecule has 0 spiro atoms. The van der Waals surface area contributed by atoms with Crippen LogP contribution >= 0.6 is 0 Å². The van der Waals surface area contributed by atoms with E-state index in [0.29, 0.717) is 13.0 Å². The van der Waals surface area contributed by atoms with Gasteiger partial charge in [0.25, 0.3) is 0 Å². The minimum Gasteiger partial charge on any atom is -0.356 e. The molecule has 84 valence electrons. The number of rotatable bonds is 6. The fraction of sp³-hybridized carbons (Fsp3) is 0.600. The Bertz CT molecular complexity index is 308. The molecule has 5 nitrogen and oxygen atoms in total. The molecule has 1 aromatic heterocycles. The van der Waals surface area contributed by atoms with Gasteiger partial charge in [-0.2, -0.15) is 0 Å². The number of aromatic nitrogens is 2. The van der Waals surface area contributed by atoms with Crippen LogP contribution in [0.5, 0.6) is 0 Å². The summed E-state index contributed by atoms with van der Waals surface area (Å²) in [5, 5.41) is 5.91. The first-order valence-corrected chi connectivity index (χ1v) is 5.22. The molecule has 1 rings (SSSR count). The second kappa shape index (κ2) is 6.06. The monoisotopic (exact) mass is 210 g/mol. The summed E-state index contributed by atoms with van der Waals surface area (Å²) in [6.45, 7) is 3.40. The molecule has 15 heavy (non-hydrogen) atoms. The first-order chi connectivity index (χ1) is 7.24. The number of carbonyl (C=O) groups excluding carboxylic acids is 1. The molecule has 2 N–H and O–H groups in total. The molecule has 0 aromatic carbocycles. The summed E-state index contributed by atoms with van der Waals surface area (Å²) in [5.74, 6) is 0.872. The predicted octanol–water partition coefficient (Wildman–Crippen LogP) is 0.748. The largest absolute Gasteiger partial charge is 0.356 e. The van der Waals surface area contributed by atoms with Gasteiger partial charge in [0.1, 0.15) is 0 Å². The summed E-state index contributed by atoms with van der Waals surface area (Å²) >= 11 is 0. The molecule has 0 aliphatic carbocycles. The van der Waals surface area contributed by atoms with E-state index in [4.69, 9.17) is 0 Å². The maximum atomic E-state index is 11.2. The van der Waals surface area contributed by atoms with Crippen molar-refractivity contribution in [2.24, 2.45) is 7.05 Å². The Kier molecular flexibility index (Phi) is 4.66. The van der Waals surface area contributed by atoms with Crippen LogP contribution < -0.4 is 10.6 Å². The molecule has 0 unspecified atom stereocenters. The molecule has 0 aliphatic rings. The highest BCUT2D eigenvalue weighted by Gasteiger charge is 2.01. The number of hydrogen-bond acceptors (Lipinski definition) is 3. The highest BCUT2D eigenvalue weighted by Crippen LogP contribution is 1.99. The lowest BCUT2D eigenvalue weighted by Gasteiger charge is -2.06. The summed E-state index contributed by atoms with van der Waals surface area (Å²) in [7, 11) is 1.91. The third kappa shape index (κ3) is 4.01. The molecule has 0 fully saturated rings. The predicted molar refractivity (Wildman–Crippen MR) is 59.6 cm³/mol. The SMILES string of the molecule is CCCNC(=O)CCNc1nccn1C. The summed E-state index contributed by atoms with van der Waals surface area (Å²) in [6.07, 6.45) is 5.03. The van der Waals surface area contributed by atoms with Gasteiger partial charge in [0.2, 0.25) is 11.9 Å². The van der Waals surface area contributed by atoms with Crippen molar-refractivity contribution in [3.05, 3.63) is 12.4 Å². The molecule has 0 radical (unpaired) electrons. The van der Waals surface area contributed by atoms with E-state index >= 15 is 0 Å². The van der Waals surface area contributed by atoms with Gasteiger partial charge >= 0.3 is 0 Å². The van der Waals surface area contributed by atoms with Crippen molar-refractivity contribution in [1.82, 2.24) is 14.9 Å². The van der Waals surface area contributed by atoms with Gasteiger partial charge in [0, 0.05) is 39.0 Å². The highest BCUT2D eigenvalue weighted by molar-refractivity contribution is 5.76. The summed E-state index contributed by atoms with van der Waals surface area (Å²) in [4.78, 5) is 15.3. The summed E-state index contributed by atoms with van der Waals surface area (Å²) in [5.41, 5.74) is 0. The van der Waals surface area contributed by atoms with Gasteiger partial charge in [-0.3, -0.25) is 4.79 Å². The van der Waals surface area contributed by atoms with Gasteiger partial charge in [-0.1, -0.05) is 6.92 Å². The fourth-order valence-corrected chi connectivity index (χ4v) is 1.18. The zero-order valence-corrected chi connectivity index (χ0v) is 9.29. The van der Waals surface area contributed by atoms with Gasteiger partial charge in [-0.15, -0.1) is 0 Å². The van der Waals surface area contributed by atoms with Crippen LogP contribution in [-0.4, -0.2) is 28.5 Å². The van der Waals surface area contributed by atoms with Crippen LogP contribution in [0.1, 0.15) is 19.8 Å². The normalized spacial score (nSPS) is 10.0. The standard InChI is InChI=1S/C10H18N4O/c1-3-5-11-9(15)4-6-12-10-13-7-8-14(10)2/h7-8H,3-6H2,1-2H3,(H,11,15)(H,12,13). The van der Waals surface area contributed by atoms with Crippen molar-refractivity contribution in [2.45, 2.75) is 19.8 Å².